The van der Waals surface area contributed by atoms with Crippen LogP contribution in [0, 0.1) is 0 Å². The minimum absolute atomic E-state index is 0.124. The van der Waals surface area contributed by atoms with Gasteiger partial charge in [0.05, 0.1) is 25.0 Å². The number of nitrogens with one attached hydrogen (secondary N) is 1. The van der Waals surface area contributed by atoms with Crippen molar-refractivity contribution in [3.8, 4) is 11.3 Å². The highest BCUT2D eigenvalue weighted by molar-refractivity contribution is 7.88. The third-order valence-electron chi connectivity index (χ3n) is 4.78. The van der Waals surface area contributed by atoms with Crippen LogP contribution in [0.5, 0.6) is 0 Å². The van der Waals surface area contributed by atoms with Crippen LogP contribution >= 0.6 is 0 Å². The summed E-state index contributed by atoms with van der Waals surface area (Å²) in [5, 5.41) is 0. The van der Waals surface area contributed by atoms with Gasteiger partial charge >= 0.3 is 0 Å². The summed E-state index contributed by atoms with van der Waals surface area (Å²) in [6, 6.07) is 13.7. The van der Waals surface area contributed by atoms with Gasteiger partial charge in [-0.1, -0.05) is 30.3 Å². The number of sulfonamides is 1. The number of pyridine rings is 1. The normalized spacial score (nSPS) is 14.9. The molecule has 138 valence electrons. The first-order chi connectivity index (χ1) is 12.9. The van der Waals surface area contributed by atoms with Crippen molar-refractivity contribution in [1.82, 2.24) is 14.3 Å². The number of ketones is 1. The highest BCUT2D eigenvalue weighted by Crippen LogP contribution is 2.33. The van der Waals surface area contributed by atoms with Crippen molar-refractivity contribution < 1.29 is 13.2 Å². The molecule has 0 fully saturated rings. The van der Waals surface area contributed by atoms with E-state index in [-0.39, 0.29) is 18.9 Å². The van der Waals surface area contributed by atoms with Crippen LogP contribution in [-0.4, -0.2) is 41.3 Å². The van der Waals surface area contributed by atoms with Gasteiger partial charge in [-0.3, -0.25) is 9.78 Å². The number of hydrogen-bond donors (Lipinski definition) is 1. The minimum Gasteiger partial charge on any atom is -0.356 e. The first kappa shape index (κ1) is 17.6. The number of benzene rings is 1. The number of Topliss-reactive ketones (excluding diaryl/α,β-unsaturated/α-hetero) is 1. The molecule has 7 heteroatoms. The standard InChI is InChI=1S/C20H19N3O3S/c1-27(25,26)23-12-17-19(18(24)13-23)16(11-14-5-3-2-4-6-14)20(22-17)15-7-9-21-10-8-15/h2-10,22H,11-13H2,1H3. The largest absolute Gasteiger partial charge is 0.356 e. The van der Waals surface area contributed by atoms with Crippen LogP contribution in [0.4, 0.5) is 0 Å². The minimum atomic E-state index is -3.45. The Kier molecular flexibility index (Phi) is 4.41. The summed E-state index contributed by atoms with van der Waals surface area (Å²) < 4.78 is 25.1. The van der Waals surface area contributed by atoms with E-state index in [1.54, 1.807) is 12.4 Å². The van der Waals surface area contributed by atoms with Gasteiger partial charge in [0.15, 0.2) is 5.78 Å². The molecule has 0 saturated heterocycles. The fraction of sp³-hybridized carbons (Fsp3) is 0.200. The van der Waals surface area contributed by atoms with Gasteiger partial charge in [-0.2, -0.15) is 4.31 Å². The van der Waals surface area contributed by atoms with Crippen molar-refractivity contribution in [2.75, 3.05) is 12.8 Å². The monoisotopic (exact) mass is 381 g/mol. The molecule has 1 aliphatic heterocycles. The second-order valence-corrected chi connectivity index (χ2v) is 8.67. The Labute approximate surface area is 157 Å². The first-order valence-electron chi connectivity index (χ1n) is 8.60. The third-order valence-corrected chi connectivity index (χ3v) is 5.97. The lowest BCUT2D eigenvalue weighted by Gasteiger charge is -2.24. The van der Waals surface area contributed by atoms with Crippen LogP contribution < -0.4 is 0 Å². The highest BCUT2D eigenvalue weighted by atomic mass is 32.2. The molecule has 4 rings (SSSR count). The highest BCUT2D eigenvalue weighted by Gasteiger charge is 2.33. The third kappa shape index (κ3) is 3.43. The average molecular weight is 381 g/mol. The molecule has 0 aliphatic carbocycles. The zero-order valence-electron chi connectivity index (χ0n) is 14.8. The molecule has 0 bridgehead atoms. The van der Waals surface area contributed by atoms with Crippen molar-refractivity contribution in [1.29, 1.82) is 0 Å². The number of H-pyrrole nitrogens is 1. The Hall–Kier alpha value is -2.77. The van der Waals surface area contributed by atoms with E-state index < -0.39 is 10.0 Å². The SMILES string of the molecule is CS(=O)(=O)N1CC(=O)c2c([nH]c(-c3ccncc3)c2Cc2ccccc2)C1. The van der Waals surface area contributed by atoms with E-state index in [9.17, 15) is 13.2 Å². The number of carbonyl (C=O) groups is 1. The average Bonchev–Trinajstić information content (AvgIpc) is 3.01. The van der Waals surface area contributed by atoms with Crippen molar-refractivity contribution in [3.05, 3.63) is 77.2 Å². The predicted octanol–water partition coefficient (Wildman–Crippen LogP) is 2.63. The Morgan fingerprint density at radius 3 is 2.44 bits per heavy atom. The van der Waals surface area contributed by atoms with Gasteiger partial charge in [0, 0.05) is 35.6 Å². The van der Waals surface area contributed by atoms with Crippen LogP contribution in [0.15, 0.2) is 54.9 Å². The molecular weight excluding hydrogens is 362 g/mol. The van der Waals surface area contributed by atoms with E-state index in [1.807, 2.05) is 42.5 Å². The van der Waals surface area contributed by atoms with Crippen molar-refractivity contribution in [2.24, 2.45) is 0 Å². The van der Waals surface area contributed by atoms with Crippen molar-refractivity contribution in [3.63, 3.8) is 0 Å². The van der Waals surface area contributed by atoms with Gasteiger partial charge < -0.3 is 4.98 Å². The molecule has 0 unspecified atom stereocenters. The van der Waals surface area contributed by atoms with Crippen LogP contribution in [0.1, 0.15) is 27.2 Å². The molecule has 0 amide bonds. The van der Waals surface area contributed by atoms with Crippen molar-refractivity contribution in [2.45, 2.75) is 13.0 Å². The van der Waals surface area contributed by atoms with E-state index in [2.05, 4.69) is 9.97 Å². The molecule has 1 aliphatic rings. The predicted molar refractivity (Wildman–Crippen MR) is 103 cm³/mol. The Bertz CT molecular complexity index is 1090. The second-order valence-electron chi connectivity index (χ2n) is 6.68. The number of rotatable bonds is 4. The number of fused-ring (bicyclic) bond motifs is 1. The number of aromatic nitrogens is 2. The number of carbonyl (C=O) groups excluding carboxylic acids is 1. The molecule has 1 aromatic carbocycles. The van der Waals surface area contributed by atoms with Gasteiger partial charge in [0.25, 0.3) is 0 Å². The summed E-state index contributed by atoms with van der Waals surface area (Å²) in [6.07, 6.45) is 5.12. The lowest BCUT2D eigenvalue weighted by molar-refractivity contribution is 0.0949. The fourth-order valence-electron chi connectivity index (χ4n) is 3.50. The van der Waals surface area contributed by atoms with E-state index >= 15 is 0 Å². The number of nitrogens with zero attached hydrogens (tertiary/aromatic N) is 2. The molecular formula is C20H19N3O3S. The molecule has 1 N–H and O–H groups in total. The number of aromatic amines is 1. The number of hydrogen-bond acceptors (Lipinski definition) is 4. The molecule has 6 nitrogen and oxygen atoms in total. The lowest BCUT2D eigenvalue weighted by Crippen LogP contribution is -2.38. The molecule has 0 saturated carbocycles. The summed E-state index contributed by atoms with van der Waals surface area (Å²) in [4.78, 5) is 20.2. The van der Waals surface area contributed by atoms with Gasteiger partial charge in [-0.05, 0) is 23.3 Å². The van der Waals surface area contributed by atoms with Crippen LogP contribution in [0.2, 0.25) is 0 Å². The maximum Gasteiger partial charge on any atom is 0.211 e. The van der Waals surface area contributed by atoms with E-state index in [0.29, 0.717) is 17.7 Å². The molecule has 27 heavy (non-hydrogen) atoms. The lowest BCUT2D eigenvalue weighted by atomic mass is 9.94. The van der Waals surface area contributed by atoms with Gasteiger partial charge in [-0.15, -0.1) is 0 Å². The Balaban J connectivity index is 1.86. The molecule has 3 aromatic rings. The Morgan fingerprint density at radius 1 is 1.07 bits per heavy atom. The summed E-state index contributed by atoms with van der Waals surface area (Å²) in [6.45, 7) is 0.0496. The van der Waals surface area contributed by atoms with Crippen LogP contribution in [0.25, 0.3) is 11.3 Å². The van der Waals surface area contributed by atoms with Gasteiger partial charge in [-0.25, -0.2) is 8.42 Å². The summed E-state index contributed by atoms with van der Waals surface area (Å²) in [7, 11) is -3.45. The first-order valence-corrected chi connectivity index (χ1v) is 10.4. The maximum atomic E-state index is 12.9. The topological polar surface area (TPSA) is 83.1 Å². The van der Waals surface area contributed by atoms with Crippen LogP contribution in [0.3, 0.4) is 0 Å². The van der Waals surface area contributed by atoms with E-state index in [4.69, 9.17) is 0 Å². The summed E-state index contributed by atoms with van der Waals surface area (Å²) in [5.41, 5.74) is 5.02. The van der Waals surface area contributed by atoms with Crippen molar-refractivity contribution >= 4 is 15.8 Å². The zero-order valence-corrected chi connectivity index (χ0v) is 15.7. The smallest absolute Gasteiger partial charge is 0.211 e. The molecule has 0 atom stereocenters. The molecule has 3 heterocycles. The Morgan fingerprint density at radius 2 is 1.78 bits per heavy atom. The molecule has 0 spiro atoms. The quantitative estimate of drug-likeness (QED) is 0.753. The summed E-state index contributed by atoms with van der Waals surface area (Å²) in [5.74, 6) is -0.177. The maximum absolute atomic E-state index is 12.9. The van der Waals surface area contributed by atoms with E-state index in [1.165, 1.54) is 4.31 Å². The van der Waals surface area contributed by atoms with Crippen LogP contribution in [-0.2, 0) is 23.0 Å². The second kappa shape index (κ2) is 6.75. The molecule has 0 radical (unpaired) electrons. The van der Waals surface area contributed by atoms with Gasteiger partial charge in [0.1, 0.15) is 0 Å². The molecule has 2 aromatic heterocycles. The zero-order chi connectivity index (χ0) is 19.0. The summed E-state index contributed by atoms with van der Waals surface area (Å²) >= 11 is 0. The van der Waals surface area contributed by atoms with Gasteiger partial charge in [0.2, 0.25) is 10.0 Å². The van der Waals surface area contributed by atoms with E-state index in [0.717, 1.165) is 28.6 Å². The fourth-order valence-corrected chi connectivity index (χ4v) is 4.21.